The van der Waals surface area contributed by atoms with Crippen molar-refractivity contribution in [2.75, 3.05) is 26.4 Å². The van der Waals surface area contributed by atoms with Crippen molar-refractivity contribution in [2.24, 2.45) is 5.41 Å². The summed E-state index contributed by atoms with van der Waals surface area (Å²) in [5.74, 6) is 3.88. The van der Waals surface area contributed by atoms with Crippen molar-refractivity contribution in [1.82, 2.24) is 0 Å². The molecular weight excluding hydrogens is 1380 g/mol. The topological polar surface area (TPSA) is 83.1 Å². The van der Waals surface area contributed by atoms with E-state index in [1.165, 1.54) is 50.1 Å². The van der Waals surface area contributed by atoms with Crippen LogP contribution >= 0.6 is 25.8 Å². The Morgan fingerprint density at radius 2 is 0.467 bits per heavy atom. The Balaban J connectivity index is 0.000000239. The van der Waals surface area contributed by atoms with E-state index in [1.54, 1.807) is 0 Å². The maximum absolute atomic E-state index is 6.90. The van der Waals surface area contributed by atoms with E-state index in [9.17, 15) is 0 Å². The van der Waals surface area contributed by atoms with Gasteiger partial charge in [-0.15, -0.1) is 0 Å². The molecule has 9 nitrogen and oxygen atoms in total. The summed E-state index contributed by atoms with van der Waals surface area (Å²) < 4.78 is 59.6. The molecule has 0 saturated carbocycles. The van der Waals surface area contributed by atoms with Gasteiger partial charge in [0.2, 0.25) is 0 Å². The van der Waals surface area contributed by atoms with E-state index in [0.29, 0.717) is 26.4 Å². The smallest absolute Gasteiger partial charge is 0.426 e. The second kappa shape index (κ2) is 31.8. The molecule has 107 heavy (non-hydrogen) atoms. The van der Waals surface area contributed by atoms with Crippen LogP contribution in [-0.4, -0.2) is 26.4 Å². The summed E-state index contributed by atoms with van der Waals surface area (Å²) >= 11 is 0. The third-order valence-corrected chi connectivity index (χ3v) is 24.5. The second-order valence-electron chi connectivity index (χ2n) is 37.7. The van der Waals surface area contributed by atoms with Crippen LogP contribution in [0.1, 0.15) is 258 Å². The highest BCUT2D eigenvalue weighted by atomic mass is 31.2. The molecular formula is C95H121O9P3. The zero-order chi connectivity index (χ0) is 78.1. The summed E-state index contributed by atoms with van der Waals surface area (Å²) in [4.78, 5) is 0. The van der Waals surface area contributed by atoms with Crippen molar-refractivity contribution >= 4 is 25.8 Å². The molecule has 0 bridgehead atoms. The zero-order valence-electron chi connectivity index (χ0n) is 69.1. The molecule has 2 aliphatic rings. The normalized spacial score (nSPS) is 17.3. The van der Waals surface area contributed by atoms with Crippen molar-refractivity contribution in [3.05, 3.63) is 290 Å². The minimum absolute atomic E-state index is 0.0170. The monoisotopic (exact) mass is 1500 g/mol. The Labute approximate surface area is 647 Å². The lowest BCUT2D eigenvalue weighted by Crippen LogP contribution is -2.45. The van der Waals surface area contributed by atoms with Crippen LogP contribution in [0.4, 0.5) is 0 Å². The van der Waals surface area contributed by atoms with Crippen LogP contribution < -0.4 is 22.6 Å². The highest BCUT2D eigenvalue weighted by Gasteiger charge is 2.46. The van der Waals surface area contributed by atoms with Crippen LogP contribution in [0.3, 0.4) is 0 Å². The molecule has 0 aliphatic carbocycles. The molecule has 570 valence electrons. The molecule has 9 aromatic rings. The average Bonchev–Trinajstić information content (AvgIpc) is 0.768. The zero-order valence-corrected chi connectivity index (χ0v) is 71.7. The van der Waals surface area contributed by atoms with Gasteiger partial charge in [0, 0.05) is 49.5 Å². The highest BCUT2D eigenvalue weighted by Crippen LogP contribution is 2.57. The Bertz CT molecular complexity index is 4090. The number of hydrogen-bond acceptors (Lipinski definition) is 9. The molecule has 0 atom stereocenters. The average molecular weight is 1500 g/mol. The first-order valence-corrected chi connectivity index (χ1v) is 41.4. The van der Waals surface area contributed by atoms with E-state index < -0.39 is 31.2 Å². The van der Waals surface area contributed by atoms with E-state index in [2.05, 4.69) is 392 Å². The molecule has 9 aromatic carbocycles. The van der Waals surface area contributed by atoms with E-state index >= 15 is 0 Å². The van der Waals surface area contributed by atoms with Gasteiger partial charge >= 0.3 is 25.8 Å². The van der Waals surface area contributed by atoms with E-state index in [1.807, 2.05) is 0 Å². The lowest BCUT2D eigenvalue weighted by molar-refractivity contribution is -0.0673. The summed E-state index contributed by atoms with van der Waals surface area (Å²) in [6.07, 6.45) is 0. The van der Waals surface area contributed by atoms with Gasteiger partial charge in [-0.1, -0.05) is 362 Å². The molecule has 0 amide bonds. The van der Waals surface area contributed by atoms with E-state index in [-0.39, 0.29) is 54.1 Å². The molecule has 11 rings (SSSR count). The molecule has 0 radical (unpaired) electrons. The Morgan fingerprint density at radius 1 is 0.243 bits per heavy atom. The maximum atomic E-state index is 6.90. The fourth-order valence-electron chi connectivity index (χ4n) is 13.7. The summed E-state index contributed by atoms with van der Waals surface area (Å²) in [5, 5.41) is 0. The lowest BCUT2D eigenvalue weighted by atomic mass is 9.73. The largest absolute Gasteiger partial charge is 0.530 e. The molecule has 12 heteroatoms. The Morgan fingerprint density at radius 3 is 0.710 bits per heavy atom. The SMILES string of the molecule is CC(C)(C)c1ccc(OP(Oc2ccc(C(C)(C)C)cc2C(C)(C)C)Oc2ccc(C(C)(C)C)cc2C(C)(C)C)c(C(C)(C)C)c1.CC(C)(c1ccccc1)c1ccc(OP2OCC3(CO2)COP(Oc2ccc(C(C)(C)c4ccccc4)cc2C(C)(C)c2ccccc2)OC3)c(C(C)(C)c2ccccc2)c1. The maximum Gasteiger partial charge on any atom is 0.530 e. The molecule has 0 unspecified atom stereocenters. The Kier molecular flexibility index (Phi) is 24.6. The summed E-state index contributed by atoms with van der Waals surface area (Å²) in [6, 6.07) is 75.3. The van der Waals surface area contributed by atoms with Crippen molar-refractivity contribution in [2.45, 2.75) is 234 Å². The van der Waals surface area contributed by atoms with Crippen molar-refractivity contribution < 1.29 is 40.7 Å². The second-order valence-corrected chi connectivity index (χ2v) is 41.0. The fourth-order valence-corrected chi connectivity index (χ4v) is 17.3. The Hall–Kier alpha value is -6.89. The van der Waals surface area contributed by atoms with Crippen LogP contribution in [0.2, 0.25) is 0 Å². The van der Waals surface area contributed by atoms with Gasteiger partial charge in [-0.3, -0.25) is 0 Å². The van der Waals surface area contributed by atoms with Crippen molar-refractivity contribution in [3.63, 3.8) is 0 Å². The van der Waals surface area contributed by atoms with Gasteiger partial charge in [0.05, 0.1) is 31.8 Å². The molecule has 2 fully saturated rings. The van der Waals surface area contributed by atoms with Crippen LogP contribution in [0.5, 0.6) is 28.7 Å². The summed E-state index contributed by atoms with van der Waals surface area (Å²) in [5.41, 5.74) is 14.7. The number of hydrogen-bond donors (Lipinski definition) is 0. The summed E-state index contributed by atoms with van der Waals surface area (Å²) in [6.45, 7) is 59.9. The molecule has 2 aliphatic heterocycles. The number of benzene rings is 9. The van der Waals surface area contributed by atoms with Gasteiger partial charge in [-0.2, -0.15) is 0 Å². The van der Waals surface area contributed by atoms with Crippen molar-refractivity contribution in [3.8, 4) is 28.7 Å². The summed E-state index contributed by atoms with van der Waals surface area (Å²) in [7, 11) is -5.23. The number of rotatable bonds is 18. The van der Waals surface area contributed by atoms with E-state index in [0.717, 1.165) is 56.6 Å². The predicted molar refractivity (Wildman–Crippen MR) is 449 cm³/mol. The van der Waals surface area contributed by atoms with Crippen LogP contribution in [-0.2, 0) is 72.2 Å². The van der Waals surface area contributed by atoms with Gasteiger partial charge < -0.3 is 40.7 Å². The molecule has 0 aromatic heterocycles. The molecule has 2 saturated heterocycles. The van der Waals surface area contributed by atoms with Gasteiger partial charge in [-0.05, 0) is 113 Å². The minimum atomic E-state index is -1.89. The first kappa shape index (κ1) is 82.6. The third kappa shape index (κ3) is 19.6. The highest BCUT2D eigenvalue weighted by molar-refractivity contribution is 7.43. The van der Waals surface area contributed by atoms with Crippen molar-refractivity contribution in [1.29, 1.82) is 0 Å². The van der Waals surface area contributed by atoms with Gasteiger partial charge in [0.1, 0.15) is 28.7 Å². The minimum Gasteiger partial charge on any atom is -0.426 e. The van der Waals surface area contributed by atoms with Gasteiger partial charge in [0.25, 0.3) is 0 Å². The molecule has 2 heterocycles. The predicted octanol–water partition coefficient (Wildman–Crippen LogP) is 27.2. The molecule has 0 N–H and O–H groups in total. The van der Waals surface area contributed by atoms with Crippen LogP contribution in [0.25, 0.3) is 0 Å². The fraction of sp³-hybridized carbons (Fsp3) is 0.432. The first-order valence-electron chi connectivity index (χ1n) is 38.1. The van der Waals surface area contributed by atoms with Crippen LogP contribution in [0, 0.1) is 5.41 Å². The first-order chi connectivity index (χ1) is 49.8. The van der Waals surface area contributed by atoms with E-state index in [4.69, 9.17) is 40.7 Å². The van der Waals surface area contributed by atoms with Gasteiger partial charge in [-0.25, -0.2) is 0 Å². The third-order valence-electron chi connectivity index (χ3n) is 21.5. The quantitative estimate of drug-likeness (QED) is 0.0780. The van der Waals surface area contributed by atoms with Gasteiger partial charge in [0.15, 0.2) is 0 Å². The standard InChI is InChI=1S/C53H58O6P2.C42H63O3P/c1-49(2,39-21-13-9-14-22-39)43-29-31-47(45(33-43)51(5,6)41-25-17-11-18-26-41)58-60-54-35-53(36-55-60)37-56-61(57-38-53)59-48-32-30-44(50(3,4)40-23-15-10-16-24-40)34-46(48)52(7,8)42-27-19-12-20-28-42;1-37(2,3)28-19-22-34(31(25-28)40(10,11)12)43-46(44-35-23-20-29(38(4,5)6)26-32(35)41(13,14)15)45-36-24-21-30(39(7,8)9)27-33(36)42(16,17)18/h9-34H,35-38H2,1-8H3;19-27H,1-18H3. The lowest BCUT2D eigenvalue weighted by Gasteiger charge is -2.41. The van der Waals surface area contributed by atoms with Crippen LogP contribution in [0.15, 0.2) is 212 Å². The molecule has 1 spiro atoms.